The molecule has 0 radical (unpaired) electrons. The molecule has 1 fully saturated rings. The van der Waals surface area contributed by atoms with Crippen LogP contribution in [0.4, 0.5) is 5.82 Å². The molecular formula is C12H19ClN4O. The summed E-state index contributed by atoms with van der Waals surface area (Å²) in [4.78, 5) is 13.1. The number of aliphatic hydroxyl groups is 1. The Bertz CT molecular complexity index is 419. The molecule has 0 aromatic carbocycles. The number of hydrogen-bond acceptors (Lipinski definition) is 5. The molecule has 0 atom stereocenters. The highest BCUT2D eigenvalue weighted by molar-refractivity contribution is 6.30. The first-order valence-electron chi connectivity index (χ1n) is 6.20. The smallest absolute Gasteiger partial charge is 0.137 e. The molecule has 0 saturated carbocycles. The molecule has 0 unspecified atom stereocenters. The van der Waals surface area contributed by atoms with Gasteiger partial charge in [-0.3, -0.25) is 4.90 Å². The summed E-state index contributed by atoms with van der Waals surface area (Å²) < 4.78 is 0. The van der Waals surface area contributed by atoms with Crippen LogP contribution in [0.1, 0.15) is 11.4 Å². The summed E-state index contributed by atoms with van der Waals surface area (Å²) in [6, 6.07) is 0. The Labute approximate surface area is 112 Å². The second-order valence-corrected chi connectivity index (χ2v) is 4.92. The topological polar surface area (TPSA) is 52.5 Å². The van der Waals surface area contributed by atoms with Gasteiger partial charge in [-0.15, -0.1) is 0 Å². The van der Waals surface area contributed by atoms with Crippen LogP contribution in [0.5, 0.6) is 0 Å². The number of aromatic nitrogens is 2. The fourth-order valence-corrected chi connectivity index (χ4v) is 2.42. The molecular weight excluding hydrogens is 252 g/mol. The van der Waals surface area contributed by atoms with Crippen molar-refractivity contribution in [2.45, 2.75) is 13.8 Å². The van der Waals surface area contributed by atoms with E-state index in [1.165, 1.54) is 0 Å². The van der Waals surface area contributed by atoms with Crippen LogP contribution in [0.25, 0.3) is 0 Å². The van der Waals surface area contributed by atoms with Crippen LogP contribution in [-0.2, 0) is 0 Å². The molecule has 100 valence electrons. The average Bonchev–Trinajstić information content (AvgIpc) is 2.35. The maximum atomic E-state index is 8.93. The normalized spacial score (nSPS) is 17.2. The van der Waals surface area contributed by atoms with Gasteiger partial charge in [0.1, 0.15) is 16.8 Å². The molecule has 0 aliphatic carbocycles. The van der Waals surface area contributed by atoms with Gasteiger partial charge in [-0.2, -0.15) is 0 Å². The van der Waals surface area contributed by atoms with Gasteiger partial charge in [-0.05, 0) is 13.8 Å². The van der Waals surface area contributed by atoms with Crippen LogP contribution in [0.2, 0.25) is 5.15 Å². The number of hydrogen-bond donors (Lipinski definition) is 1. The highest BCUT2D eigenvalue weighted by Gasteiger charge is 2.20. The van der Waals surface area contributed by atoms with E-state index >= 15 is 0 Å². The van der Waals surface area contributed by atoms with E-state index in [0.29, 0.717) is 11.0 Å². The third kappa shape index (κ3) is 2.91. The van der Waals surface area contributed by atoms with Crippen molar-refractivity contribution in [3.8, 4) is 0 Å². The second-order valence-electron chi connectivity index (χ2n) is 4.56. The summed E-state index contributed by atoms with van der Waals surface area (Å²) in [6.07, 6.45) is 0. The first kappa shape index (κ1) is 13.5. The van der Waals surface area contributed by atoms with E-state index in [1.54, 1.807) is 0 Å². The van der Waals surface area contributed by atoms with Crippen molar-refractivity contribution in [1.82, 2.24) is 14.9 Å². The van der Waals surface area contributed by atoms with Crippen LogP contribution in [0.15, 0.2) is 0 Å². The van der Waals surface area contributed by atoms with Crippen LogP contribution < -0.4 is 4.90 Å². The van der Waals surface area contributed by atoms with Crippen LogP contribution >= 0.6 is 11.6 Å². The molecule has 1 saturated heterocycles. The first-order valence-corrected chi connectivity index (χ1v) is 6.58. The number of aryl methyl sites for hydroxylation is 1. The van der Waals surface area contributed by atoms with Gasteiger partial charge < -0.3 is 10.0 Å². The molecule has 1 N–H and O–H groups in total. The minimum Gasteiger partial charge on any atom is -0.395 e. The predicted octanol–water partition coefficient (Wildman–Crippen LogP) is 0.861. The quantitative estimate of drug-likeness (QED) is 0.826. The Morgan fingerprint density at radius 2 is 1.83 bits per heavy atom. The summed E-state index contributed by atoms with van der Waals surface area (Å²) in [5.74, 6) is 1.65. The molecule has 1 aromatic rings. The van der Waals surface area contributed by atoms with Crippen molar-refractivity contribution >= 4 is 17.4 Å². The fourth-order valence-electron chi connectivity index (χ4n) is 2.21. The third-order valence-corrected chi connectivity index (χ3v) is 3.63. The van der Waals surface area contributed by atoms with Crippen LogP contribution in [0.3, 0.4) is 0 Å². The molecule has 5 nitrogen and oxygen atoms in total. The first-order chi connectivity index (χ1) is 8.61. The number of β-amino-alcohol motifs (C(OH)–C–C–N with tert-alkyl or cyclic N) is 1. The minimum absolute atomic E-state index is 0.220. The van der Waals surface area contributed by atoms with E-state index < -0.39 is 0 Å². The highest BCUT2D eigenvalue weighted by Crippen LogP contribution is 2.24. The molecule has 0 amide bonds. The van der Waals surface area contributed by atoms with Gasteiger partial charge in [-0.1, -0.05) is 11.6 Å². The van der Waals surface area contributed by atoms with Crippen LogP contribution in [0, 0.1) is 13.8 Å². The van der Waals surface area contributed by atoms with Crippen molar-refractivity contribution in [3.63, 3.8) is 0 Å². The zero-order valence-electron chi connectivity index (χ0n) is 10.9. The average molecular weight is 271 g/mol. The molecule has 1 aliphatic rings. The van der Waals surface area contributed by atoms with E-state index in [9.17, 15) is 0 Å². The Hall–Kier alpha value is -0.910. The summed E-state index contributed by atoms with van der Waals surface area (Å²) in [6.45, 7) is 8.49. The van der Waals surface area contributed by atoms with E-state index in [1.807, 2.05) is 13.8 Å². The molecule has 2 heterocycles. The second kappa shape index (κ2) is 5.82. The van der Waals surface area contributed by atoms with Gasteiger partial charge in [0.05, 0.1) is 6.61 Å². The molecule has 1 aliphatic heterocycles. The largest absolute Gasteiger partial charge is 0.395 e. The van der Waals surface area contributed by atoms with Crippen molar-refractivity contribution in [2.75, 3.05) is 44.2 Å². The number of rotatable bonds is 3. The van der Waals surface area contributed by atoms with Gasteiger partial charge in [0.2, 0.25) is 0 Å². The summed E-state index contributed by atoms with van der Waals surface area (Å²) >= 11 is 6.10. The van der Waals surface area contributed by atoms with E-state index in [2.05, 4.69) is 19.8 Å². The van der Waals surface area contributed by atoms with Gasteiger partial charge >= 0.3 is 0 Å². The standard InChI is InChI=1S/C12H19ClN4O/c1-9-11(13)14-10(2)15-12(9)17-5-3-16(4-6-17)7-8-18/h18H,3-8H2,1-2H3. The van der Waals surface area contributed by atoms with E-state index in [-0.39, 0.29) is 6.61 Å². The molecule has 18 heavy (non-hydrogen) atoms. The van der Waals surface area contributed by atoms with Gasteiger partial charge in [0.25, 0.3) is 0 Å². The number of piperazine rings is 1. The summed E-state index contributed by atoms with van der Waals surface area (Å²) in [5.41, 5.74) is 0.942. The zero-order chi connectivity index (χ0) is 13.1. The third-order valence-electron chi connectivity index (χ3n) is 3.26. The molecule has 1 aromatic heterocycles. The molecule has 2 rings (SSSR count). The van der Waals surface area contributed by atoms with Gasteiger partial charge in [0.15, 0.2) is 0 Å². The lowest BCUT2D eigenvalue weighted by molar-refractivity contribution is 0.188. The van der Waals surface area contributed by atoms with Crippen molar-refractivity contribution < 1.29 is 5.11 Å². The van der Waals surface area contributed by atoms with Crippen molar-refractivity contribution in [2.24, 2.45) is 0 Å². The molecule has 0 spiro atoms. The SMILES string of the molecule is Cc1nc(Cl)c(C)c(N2CCN(CCO)CC2)n1. The fraction of sp³-hybridized carbons (Fsp3) is 0.667. The van der Waals surface area contributed by atoms with Crippen molar-refractivity contribution in [3.05, 3.63) is 16.5 Å². The maximum Gasteiger partial charge on any atom is 0.137 e. The Morgan fingerprint density at radius 1 is 1.17 bits per heavy atom. The zero-order valence-corrected chi connectivity index (χ0v) is 11.6. The Morgan fingerprint density at radius 3 is 2.44 bits per heavy atom. The number of nitrogens with zero attached hydrogens (tertiary/aromatic N) is 4. The number of halogens is 1. The maximum absolute atomic E-state index is 8.93. The van der Waals surface area contributed by atoms with Gasteiger partial charge in [-0.25, -0.2) is 9.97 Å². The summed E-state index contributed by atoms with van der Waals surface area (Å²) in [7, 11) is 0. The Kier molecular flexibility index (Phi) is 4.37. The number of anilines is 1. The van der Waals surface area contributed by atoms with E-state index in [0.717, 1.165) is 44.1 Å². The monoisotopic (exact) mass is 270 g/mol. The minimum atomic E-state index is 0.220. The van der Waals surface area contributed by atoms with Gasteiger partial charge in [0, 0.05) is 38.3 Å². The Balaban J connectivity index is 2.10. The molecule has 6 heteroatoms. The lowest BCUT2D eigenvalue weighted by Gasteiger charge is -2.35. The number of aliphatic hydroxyl groups excluding tert-OH is 1. The van der Waals surface area contributed by atoms with Crippen molar-refractivity contribution in [1.29, 1.82) is 0 Å². The molecule has 0 bridgehead atoms. The lowest BCUT2D eigenvalue weighted by Crippen LogP contribution is -2.47. The van der Waals surface area contributed by atoms with Crippen LogP contribution in [-0.4, -0.2) is 59.3 Å². The summed E-state index contributed by atoms with van der Waals surface area (Å²) in [5, 5.41) is 9.46. The lowest BCUT2D eigenvalue weighted by atomic mass is 10.2. The predicted molar refractivity (Wildman–Crippen MR) is 72.3 cm³/mol. The highest BCUT2D eigenvalue weighted by atomic mass is 35.5. The van der Waals surface area contributed by atoms with E-state index in [4.69, 9.17) is 16.7 Å².